The van der Waals surface area contributed by atoms with Gasteiger partial charge in [-0.05, 0) is 13.3 Å². The van der Waals surface area contributed by atoms with Gasteiger partial charge in [0, 0.05) is 52.6 Å². The van der Waals surface area contributed by atoms with E-state index in [1.54, 1.807) is 28.3 Å². The van der Waals surface area contributed by atoms with Crippen LogP contribution in [0.4, 0.5) is 0 Å². The van der Waals surface area contributed by atoms with Crippen LogP contribution in [0.15, 0.2) is 12.2 Å². The molecule has 0 spiro atoms. The van der Waals surface area contributed by atoms with E-state index in [-0.39, 0.29) is 5.97 Å². The second-order valence-electron chi connectivity index (χ2n) is 4.28. The Kier molecular flexibility index (Phi) is 10.6. The Bertz CT molecular complexity index is 282. The van der Waals surface area contributed by atoms with E-state index >= 15 is 0 Å². The molecule has 0 aliphatic rings. The summed E-state index contributed by atoms with van der Waals surface area (Å²) in [6.45, 7) is 6.61. The molecule has 0 aromatic rings. The third kappa shape index (κ3) is 7.76. The molecule has 0 unspecified atom stereocenters. The summed E-state index contributed by atoms with van der Waals surface area (Å²) in [5.41, 5.74) is 0.408. The predicted octanol–water partition coefficient (Wildman–Crippen LogP) is 1.78. The molecule has 6 nitrogen and oxygen atoms in total. The van der Waals surface area contributed by atoms with Crippen molar-refractivity contribution in [3.63, 3.8) is 0 Å². The summed E-state index contributed by atoms with van der Waals surface area (Å²) in [5.74, 6) is -0.360. The first-order chi connectivity index (χ1) is 9.51. The smallest absolute Gasteiger partial charge is 0.462 e. The Hall–Kier alpha value is -0.733. The third-order valence-electron chi connectivity index (χ3n) is 2.72. The van der Waals surface area contributed by atoms with Crippen LogP contribution >= 0.6 is 0 Å². The molecule has 0 bridgehead atoms. The average molecular weight is 306 g/mol. The van der Waals surface area contributed by atoms with Gasteiger partial charge in [0.1, 0.15) is 0 Å². The van der Waals surface area contributed by atoms with Crippen LogP contribution < -0.4 is 0 Å². The SMILES string of the molecule is C=C(C)C(=O)OCCCOCCC[Si](OC)(OC)OC. The van der Waals surface area contributed by atoms with Crippen LogP contribution in [-0.2, 0) is 27.5 Å². The molecule has 0 aromatic carbocycles. The predicted molar refractivity (Wildman–Crippen MR) is 77.4 cm³/mol. The molecule has 20 heavy (non-hydrogen) atoms. The van der Waals surface area contributed by atoms with Crippen LogP contribution in [0.2, 0.25) is 6.04 Å². The number of hydrogen-bond acceptors (Lipinski definition) is 6. The summed E-state index contributed by atoms with van der Waals surface area (Å²) in [7, 11) is 2.30. The minimum Gasteiger partial charge on any atom is -0.462 e. The molecule has 118 valence electrons. The van der Waals surface area contributed by atoms with Gasteiger partial charge in [-0.3, -0.25) is 0 Å². The van der Waals surface area contributed by atoms with Crippen molar-refractivity contribution < 1.29 is 27.5 Å². The summed E-state index contributed by atoms with van der Waals surface area (Å²) in [5, 5.41) is 0. The van der Waals surface area contributed by atoms with Crippen molar-refractivity contribution in [2.75, 3.05) is 41.2 Å². The van der Waals surface area contributed by atoms with E-state index in [2.05, 4.69) is 6.58 Å². The summed E-state index contributed by atoms with van der Waals surface area (Å²) in [6.07, 6.45) is 1.47. The van der Waals surface area contributed by atoms with Crippen molar-refractivity contribution in [2.24, 2.45) is 0 Å². The van der Waals surface area contributed by atoms with Gasteiger partial charge < -0.3 is 22.8 Å². The molecule has 0 heterocycles. The molecule has 0 radical (unpaired) electrons. The molecule has 0 fully saturated rings. The molecule has 0 saturated carbocycles. The second kappa shape index (κ2) is 11.0. The Morgan fingerprint density at radius 2 is 1.55 bits per heavy atom. The van der Waals surface area contributed by atoms with Crippen LogP contribution in [-0.4, -0.2) is 55.9 Å². The maximum atomic E-state index is 11.1. The average Bonchev–Trinajstić information content (AvgIpc) is 2.46. The summed E-state index contributed by atoms with van der Waals surface area (Å²) < 4.78 is 26.3. The zero-order valence-corrected chi connectivity index (χ0v) is 13.9. The van der Waals surface area contributed by atoms with Gasteiger partial charge in [0.25, 0.3) is 0 Å². The third-order valence-corrected chi connectivity index (χ3v) is 5.55. The first kappa shape index (κ1) is 19.3. The second-order valence-corrected chi connectivity index (χ2v) is 7.37. The van der Waals surface area contributed by atoms with Gasteiger partial charge in [0.05, 0.1) is 6.61 Å². The summed E-state index contributed by atoms with van der Waals surface area (Å²) in [6, 6.07) is 0.709. The molecule has 0 aromatic heterocycles. The van der Waals surface area contributed by atoms with Crippen molar-refractivity contribution >= 4 is 14.8 Å². The highest BCUT2D eigenvalue weighted by Crippen LogP contribution is 2.14. The molecule has 0 aliphatic carbocycles. The van der Waals surface area contributed by atoms with Crippen LogP contribution in [0.5, 0.6) is 0 Å². The molecular weight excluding hydrogens is 280 g/mol. The molecule has 0 amide bonds. The van der Waals surface area contributed by atoms with Crippen molar-refractivity contribution in [1.29, 1.82) is 0 Å². The van der Waals surface area contributed by atoms with Gasteiger partial charge in [-0.25, -0.2) is 4.79 Å². The summed E-state index contributed by atoms with van der Waals surface area (Å²) >= 11 is 0. The lowest BCUT2D eigenvalue weighted by atomic mass is 10.4. The molecule has 0 saturated heterocycles. The zero-order chi connectivity index (χ0) is 15.4. The molecule has 0 N–H and O–H groups in total. The minimum absolute atomic E-state index is 0.346. The first-order valence-electron chi connectivity index (χ1n) is 6.57. The Morgan fingerprint density at radius 3 is 2.05 bits per heavy atom. The number of hydrogen-bond donors (Lipinski definition) is 0. The number of ether oxygens (including phenoxy) is 2. The number of carbonyl (C=O) groups is 1. The number of carbonyl (C=O) groups excluding carboxylic acids is 1. The van der Waals surface area contributed by atoms with Gasteiger partial charge in [-0.2, -0.15) is 0 Å². The number of rotatable bonds is 12. The van der Waals surface area contributed by atoms with Gasteiger partial charge in [-0.15, -0.1) is 0 Å². The van der Waals surface area contributed by atoms with Crippen molar-refractivity contribution in [1.82, 2.24) is 0 Å². The van der Waals surface area contributed by atoms with Gasteiger partial charge in [0.15, 0.2) is 0 Å². The van der Waals surface area contributed by atoms with Crippen LogP contribution in [0, 0.1) is 0 Å². The number of esters is 1. The van der Waals surface area contributed by atoms with Crippen molar-refractivity contribution in [3.05, 3.63) is 12.2 Å². The van der Waals surface area contributed by atoms with E-state index < -0.39 is 8.80 Å². The molecule has 0 rings (SSSR count). The Labute approximate surface area is 122 Å². The lowest BCUT2D eigenvalue weighted by Crippen LogP contribution is -2.42. The van der Waals surface area contributed by atoms with Crippen LogP contribution in [0.3, 0.4) is 0 Å². The van der Waals surface area contributed by atoms with Crippen molar-refractivity contribution in [3.8, 4) is 0 Å². The van der Waals surface area contributed by atoms with Gasteiger partial charge in [-0.1, -0.05) is 6.58 Å². The molecule has 7 heteroatoms. The standard InChI is InChI=1S/C13H26O6Si/c1-12(2)13(14)19-10-6-8-18-9-7-11-20(15-3,16-4)17-5/h1,6-11H2,2-5H3. The lowest BCUT2D eigenvalue weighted by molar-refractivity contribution is -0.139. The van der Waals surface area contributed by atoms with Gasteiger partial charge >= 0.3 is 14.8 Å². The van der Waals surface area contributed by atoms with E-state index in [1.807, 2.05) is 0 Å². The Morgan fingerprint density at radius 1 is 1.00 bits per heavy atom. The largest absolute Gasteiger partial charge is 0.500 e. The molecule has 0 atom stereocenters. The van der Waals surface area contributed by atoms with E-state index in [4.69, 9.17) is 22.8 Å². The highest BCUT2D eigenvalue weighted by Gasteiger charge is 2.36. The molecule has 0 aliphatic heterocycles. The van der Waals surface area contributed by atoms with Crippen molar-refractivity contribution in [2.45, 2.75) is 25.8 Å². The lowest BCUT2D eigenvalue weighted by Gasteiger charge is -2.24. The first-order valence-corrected chi connectivity index (χ1v) is 8.50. The fraction of sp³-hybridized carbons (Fsp3) is 0.769. The van der Waals surface area contributed by atoms with Crippen LogP contribution in [0.1, 0.15) is 19.8 Å². The fourth-order valence-corrected chi connectivity index (χ4v) is 3.19. The van der Waals surface area contributed by atoms with Gasteiger partial charge in [0.2, 0.25) is 0 Å². The zero-order valence-electron chi connectivity index (χ0n) is 12.9. The fourth-order valence-electron chi connectivity index (χ4n) is 1.50. The topological polar surface area (TPSA) is 63.2 Å². The van der Waals surface area contributed by atoms with E-state index in [9.17, 15) is 4.79 Å². The van der Waals surface area contributed by atoms with E-state index in [1.165, 1.54) is 0 Å². The monoisotopic (exact) mass is 306 g/mol. The normalized spacial score (nSPS) is 11.4. The minimum atomic E-state index is -2.48. The maximum absolute atomic E-state index is 11.1. The highest BCUT2D eigenvalue weighted by molar-refractivity contribution is 6.60. The highest BCUT2D eigenvalue weighted by atomic mass is 28.4. The quantitative estimate of drug-likeness (QED) is 0.237. The maximum Gasteiger partial charge on any atom is 0.500 e. The Balaban J connectivity index is 3.54. The van der Waals surface area contributed by atoms with E-state index in [0.29, 0.717) is 37.9 Å². The molecular formula is C13H26O6Si. The van der Waals surface area contributed by atoms with E-state index in [0.717, 1.165) is 6.42 Å². The van der Waals surface area contributed by atoms with Crippen LogP contribution in [0.25, 0.3) is 0 Å². The summed E-state index contributed by atoms with van der Waals surface area (Å²) in [4.78, 5) is 11.1.